The van der Waals surface area contributed by atoms with Gasteiger partial charge in [0.1, 0.15) is 12.1 Å². The van der Waals surface area contributed by atoms with E-state index in [1.54, 1.807) is 6.92 Å². The second-order valence-electron chi connectivity index (χ2n) is 12.2. The van der Waals surface area contributed by atoms with E-state index in [-0.39, 0.29) is 51.6 Å². The van der Waals surface area contributed by atoms with Crippen LogP contribution in [0, 0.1) is 29.1 Å². The first-order chi connectivity index (χ1) is 15.3. The van der Waals surface area contributed by atoms with Crippen molar-refractivity contribution in [2.45, 2.75) is 108 Å². The summed E-state index contributed by atoms with van der Waals surface area (Å²) >= 11 is 3.91. The Morgan fingerprint density at radius 2 is 2.06 bits per heavy atom. The van der Waals surface area contributed by atoms with Crippen molar-refractivity contribution < 1.29 is 24.2 Å². The summed E-state index contributed by atoms with van der Waals surface area (Å²) in [7, 11) is 0. The zero-order chi connectivity index (χ0) is 24.4. The third kappa shape index (κ3) is 4.01. The molecule has 186 valence electrons. The summed E-state index contributed by atoms with van der Waals surface area (Å²) in [5.41, 5.74) is -1.17. The summed E-state index contributed by atoms with van der Waals surface area (Å²) in [6.07, 6.45) is 7.46. The van der Waals surface area contributed by atoms with Crippen LogP contribution in [0.1, 0.15) is 80.1 Å². The number of aliphatic hydroxyl groups is 1. The molecule has 0 bridgehead atoms. The first kappa shape index (κ1) is 25.5. The van der Waals surface area contributed by atoms with E-state index in [0.29, 0.717) is 18.1 Å². The average Bonchev–Trinajstić information content (AvgIpc) is 3.26. The minimum atomic E-state index is -1.07. The Labute approximate surface area is 207 Å². The number of carbonyl (C=O) groups excluding carboxylic acids is 2. The van der Waals surface area contributed by atoms with Gasteiger partial charge in [-0.15, -0.1) is 0 Å². The molecule has 1 heterocycles. The predicted octanol–water partition coefficient (Wildman–Crippen LogP) is 5.02. The molecule has 3 fully saturated rings. The van der Waals surface area contributed by atoms with Crippen LogP contribution in [0.2, 0.25) is 0 Å². The molecule has 0 aromatic heterocycles. The summed E-state index contributed by atoms with van der Waals surface area (Å²) < 4.78 is 13.1. The van der Waals surface area contributed by atoms with Gasteiger partial charge in [-0.25, -0.2) is 0 Å². The Bertz CT molecular complexity index is 834. The average molecular weight is 526 g/mol. The molecule has 0 radical (unpaired) electrons. The molecule has 0 aromatic carbocycles. The molecule has 5 nitrogen and oxygen atoms in total. The lowest BCUT2D eigenvalue weighted by atomic mass is 9.62. The first-order valence-corrected chi connectivity index (χ1v) is 13.6. The topological polar surface area (TPSA) is 72.8 Å². The number of fused-ring (bicyclic) bond motifs is 3. The highest BCUT2D eigenvalue weighted by Crippen LogP contribution is 2.64. The van der Waals surface area contributed by atoms with Crippen molar-refractivity contribution in [3.63, 3.8) is 0 Å². The maximum absolute atomic E-state index is 12.8. The summed E-state index contributed by atoms with van der Waals surface area (Å²) in [5, 5.41) is 11.2. The number of Topliss-reactive ketones (excluding diaryl/α,β-unsaturated/α-hetero) is 1. The smallest absolute Gasteiger partial charge is 0.146 e. The minimum absolute atomic E-state index is 0.00365. The molecule has 2 saturated carbocycles. The van der Waals surface area contributed by atoms with E-state index in [1.165, 1.54) is 0 Å². The van der Waals surface area contributed by atoms with Gasteiger partial charge in [0.2, 0.25) is 0 Å². The van der Waals surface area contributed by atoms with Gasteiger partial charge in [0, 0.05) is 18.9 Å². The summed E-state index contributed by atoms with van der Waals surface area (Å²) in [4.78, 5) is 24.9. The van der Waals surface area contributed by atoms with Crippen molar-refractivity contribution >= 4 is 28.0 Å². The van der Waals surface area contributed by atoms with E-state index in [1.807, 2.05) is 13.0 Å². The summed E-state index contributed by atoms with van der Waals surface area (Å²) in [6.45, 7) is 13.3. The number of hydrogen-bond donors (Lipinski definition) is 1. The van der Waals surface area contributed by atoms with Crippen LogP contribution >= 0.6 is 15.9 Å². The summed E-state index contributed by atoms with van der Waals surface area (Å²) in [6, 6.07) is 0. The van der Waals surface area contributed by atoms with Crippen LogP contribution in [0.3, 0.4) is 0 Å². The largest absolute Gasteiger partial charge is 0.389 e. The van der Waals surface area contributed by atoms with Gasteiger partial charge in [-0.05, 0) is 82.6 Å². The van der Waals surface area contributed by atoms with Crippen molar-refractivity contribution in [2.75, 3.05) is 6.61 Å². The third-order valence-corrected chi connectivity index (χ3v) is 11.4. The zero-order valence-electron chi connectivity index (χ0n) is 21.0. The summed E-state index contributed by atoms with van der Waals surface area (Å²) in [5.74, 6) is -0.0785. The van der Waals surface area contributed by atoms with Crippen LogP contribution in [-0.4, -0.2) is 51.5 Å². The first-order valence-electron chi connectivity index (χ1n) is 12.7. The lowest BCUT2D eigenvalue weighted by Crippen LogP contribution is -2.48. The minimum Gasteiger partial charge on any atom is -0.389 e. The zero-order valence-corrected chi connectivity index (χ0v) is 22.6. The number of hydrogen-bond acceptors (Lipinski definition) is 5. The van der Waals surface area contributed by atoms with Gasteiger partial charge in [-0.1, -0.05) is 35.9 Å². The molecule has 1 saturated heterocycles. The number of halogens is 1. The number of carbonyl (C=O) groups is 2. The molecule has 3 aliphatic carbocycles. The lowest BCUT2D eigenvalue weighted by Gasteiger charge is -2.46. The van der Waals surface area contributed by atoms with Crippen LogP contribution in [0.4, 0.5) is 0 Å². The predicted molar refractivity (Wildman–Crippen MR) is 131 cm³/mol. The molecule has 33 heavy (non-hydrogen) atoms. The standard InChI is InChI=1S/C27H41BrO5/c1-7-32-24(3,4)23(28)20-12-16(2)27(33-20)11-10-25(5)13-18-22(19(30)14-26(18,6)31)17(15-29)8-9-21(25)27/h8,15-16,18,20-23,31H,7,9-14H2,1-6H3/b17-8-/t16-,18-,20+,21+,22+,23?,25+,26+,27-/m0/s1. The number of ether oxygens (including phenoxy) is 2. The van der Waals surface area contributed by atoms with E-state index < -0.39 is 11.5 Å². The maximum atomic E-state index is 12.8. The molecule has 0 aromatic rings. The second kappa shape index (κ2) is 8.53. The van der Waals surface area contributed by atoms with Crippen LogP contribution in [0.5, 0.6) is 0 Å². The monoisotopic (exact) mass is 524 g/mol. The fourth-order valence-corrected chi connectivity index (χ4v) is 8.34. The Balaban J connectivity index is 1.68. The van der Waals surface area contributed by atoms with Crippen molar-refractivity contribution in [1.82, 2.24) is 0 Å². The Morgan fingerprint density at radius 1 is 1.36 bits per heavy atom. The molecule has 1 N–H and O–H groups in total. The number of rotatable bonds is 5. The van der Waals surface area contributed by atoms with Crippen LogP contribution in [-0.2, 0) is 19.1 Å². The molecule has 4 aliphatic rings. The highest BCUT2D eigenvalue weighted by atomic mass is 79.9. The fourth-order valence-electron chi connectivity index (χ4n) is 7.89. The second-order valence-corrected chi connectivity index (χ2v) is 13.2. The Hall–Kier alpha value is -0.560. The maximum Gasteiger partial charge on any atom is 0.146 e. The quantitative estimate of drug-likeness (QED) is 0.403. The van der Waals surface area contributed by atoms with Gasteiger partial charge < -0.3 is 14.6 Å². The molecule has 0 amide bonds. The molecule has 4 rings (SSSR count). The lowest BCUT2D eigenvalue weighted by molar-refractivity contribution is -0.123. The highest BCUT2D eigenvalue weighted by Gasteiger charge is 2.64. The number of allylic oxidation sites excluding steroid dienone is 2. The van der Waals surface area contributed by atoms with E-state index in [0.717, 1.165) is 38.4 Å². The highest BCUT2D eigenvalue weighted by molar-refractivity contribution is 9.09. The third-order valence-electron chi connectivity index (χ3n) is 9.67. The molecule has 1 unspecified atom stereocenters. The van der Waals surface area contributed by atoms with Gasteiger partial charge >= 0.3 is 0 Å². The SMILES string of the molecule is CCOC(C)(C)C(Br)[C@H]1C[C@H](C)[C@]2(CC[C@]3(C)C[C@H]4[C@H](C(=O)C[C@@]4(C)O)/C(C=O)=C\C[C@H]32)O1. The molecule has 1 spiro atoms. The van der Waals surface area contributed by atoms with Crippen molar-refractivity contribution in [2.24, 2.45) is 29.1 Å². The normalized spacial score (nSPS) is 48.1. The number of aldehydes is 1. The van der Waals surface area contributed by atoms with Gasteiger partial charge in [-0.2, -0.15) is 0 Å². The molecule has 9 atom stereocenters. The molecule has 6 heteroatoms. The van der Waals surface area contributed by atoms with E-state index in [4.69, 9.17) is 9.47 Å². The van der Waals surface area contributed by atoms with Gasteiger partial charge in [-0.3, -0.25) is 9.59 Å². The number of ketones is 1. The fraction of sp³-hybridized carbons (Fsp3) is 0.852. The van der Waals surface area contributed by atoms with Gasteiger partial charge in [0.05, 0.1) is 33.7 Å². The molecular formula is C27H41BrO5. The Kier molecular flexibility index (Phi) is 6.60. The number of alkyl halides is 1. The van der Waals surface area contributed by atoms with Crippen molar-refractivity contribution in [1.29, 1.82) is 0 Å². The van der Waals surface area contributed by atoms with Crippen molar-refractivity contribution in [3.05, 3.63) is 11.6 Å². The van der Waals surface area contributed by atoms with Gasteiger partial charge in [0.25, 0.3) is 0 Å². The van der Waals surface area contributed by atoms with E-state index in [2.05, 4.69) is 43.6 Å². The Morgan fingerprint density at radius 3 is 2.70 bits per heavy atom. The van der Waals surface area contributed by atoms with E-state index in [9.17, 15) is 14.7 Å². The van der Waals surface area contributed by atoms with E-state index >= 15 is 0 Å². The van der Waals surface area contributed by atoms with Crippen LogP contribution < -0.4 is 0 Å². The van der Waals surface area contributed by atoms with Crippen LogP contribution in [0.25, 0.3) is 0 Å². The van der Waals surface area contributed by atoms with Gasteiger partial charge in [0.15, 0.2) is 0 Å². The van der Waals surface area contributed by atoms with Crippen LogP contribution in [0.15, 0.2) is 11.6 Å². The molecular weight excluding hydrogens is 484 g/mol. The van der Waals surface area contributed by atoms with Crippen molar-refractivity contribution in [3.8, 4) is 0 Å². The molecule has 1 aliphatic heterocycles.